The standard InChI is InChI=1S/C17H13N3S.C2H6/c1-12-3-2-4-14(9-12)10-16-19-20-17(21-16)15-7-5-13(11-18)6-8-15;1-2/h2-9H,10H2,1H3;1-2H3. The highest BCUT2D eigenvalue weighted by atomic mass is 32.1. The van der Waals surface area contributed by atoms with Gasteiger partial charge in [-0.2, -0.15) is 5.26 Å². The number of aromatic nitrogens is 2. The Labute approximate surface area is 141 Å². The lowest BCUT2D eigenvalue weighted by molar-refractivity contribution is 1.01. The molecule has 116 valence electrons. The van der Waals surface area contributed by atoms with Crippen molar-refractivity contribution in [1.29, 1.82) is 5.26 Å². The zero-order valence-corrected chi connectivity index (χ0v) is 14.4. The fourth-order valence-electron chi connectivity index (χ4n) is 2.13. The second-order valence-electron chi connectivity index (χ2n) is 4.86. The Hall–Kier alpha value is -2.51. The summed E-state index contributed by atoms with van der Waals surface area (Å²) in [6, 6.07) is 18.0. The van der Waals surface area contributed by atoms with Gasteiger partial charge in [-0.15, -0.1) is 10.2 Å². The summed E-state index contributed by atoms with van der Waals surface area (Å²) in [7, 11) is 0. The molecule has 3 rings (SSSR count). The van der Waals surface area contributed by atoms with Crippen LogP contribution in [0.4, 0.5) is 0 Å². The van der Waals surface area contributed by atoms with Crippen LogP contribution in [0, 0.1) is 18.3 Å². The predicted octanol–water partition coefficient (Wildman–Crippen LogP) is 5.00. The molecule has 4 heteroatoms. The average Bonchev–Trinajstić information content (AvgIpc) is 3.05. The molecular formula is C19H19N3S. The second-order valence-corrected chi connectivity index (χ2v) is 5.92. The van der Waals surface area contributed by atoms with Crippen LogP contribution in [-0.4, -0.2) is 10.2 Å². The van der Waals surface area contributed by atoms with E-state index in [2.05, 4.69) is 47.5 Å². The average molecular weight is 321 g/mol. The van der Waals surface area contributed by atoms with Crippen molar-refractivity contribution >= 4 is 11.3 Å². The third kappa shape index (κ3) is 4.48. The quantitative estimate of drug-likeness (QED) is 0.682. The maximum absolute atomic E-state index is 8.81. The Balaban J connectivity index is 0.000000924. The zero-order chi connectivity index (χ0) is 16.7. The Morgan fingerprint density at radius 2 is 1.78 bits per heavy atom. The molecule has 0 amide bonds. The molecule has 0 atom stereocenters. The first-order valence-corrected chi connectivity index (χ1v) is 8.45. The third-order valence-electron chi connectivity index (χ3n) is 3.17. The van der Waals surface area contributed by atoms with Gasteiger partial charge in [0.05, 0.1) is 11.6 Å². The van der Waals surface area contributed by atoms with Crippen molar-refractivity contribution in [3.8, 4) is 16.6 Å². The van der Waals surface area contributed by atoms with Crippen LogP contribution in [0.15, 0.2) is 48.5 Å². The number of hydrogen-bond donors (Lipinski definition) is 0. The van der Waals surface area contributed by atoms with Crippen LogP contribution >= 0.6 is 11.3 Å². The highest BCUT2D eigenvalue weighted by molar-refractivity contribution is 7.14. The van der Waals surface area contributed by atoms with Crippen LogP contribution < -0.4 is 0 Å². The van der Waals surface area contributed by atoms with E-state index in [1.165, 1.54) is 11.1 Å². The molecule has 0 fully saturated rings. The van der Waals surface area contributed by atoms with Gasteiger partial charge in [-0.05, 0) is 24.6 Å². The van der Waals surface area contributed by atoms with Gasteiger partial charge < -0.3 is 0 Å². The summed E-state index contributed by atoms with van der Waals surface area (Å²) in [5.74, 6) is 0. The van der Waals surface area contributed by atoms with Crippen molar-refractivity contribution in [3.63, 3.8) is 0 Å². The number of rotatable bonds is 3. The van der Waals surface area contributed by atoms with Gasteiger partial charge in [0.2, 0.25) is 0 Å². The zero-order valence-electron chi connectivity index (χ0n) is 13.6. The minimum atomic E-state index is 0.656. The van der Waals surface area contributed by atoms with E-state index >= 15 is 0 Å². The molecule has 0 bridgehead atoms. The molecule has 0 aliphatic heterocycles. The van der Waals surface area contributed by atoms with Crippen LogP contribution in [0.1, 0.15) is 35.5 Å². The molecule has 3 aromatic rings. The fourth-order valence-corrected chi connectivity index (χ4v) is 3.01. The topological polar surface area (TPSA) is 49.6 Å². The molecule has 0 aliphatic carbocycles. The van der Waals surface area contributed by atoms with E-state index in [0.29, 0.717) is 5.56 Å². The summed E-state index contributed by atoms with van der Waals surface area (Å²) in [6.45, 7) is 6.09. The van der Waals surface area contributed by atoms with Crippen LogP contribution in [0.5, 0.6) is 0 Å². The Morgan fingerprint density at radius 1 is 1.04 bits per heavy atom. The molecule has 0 aliphatic rings. The lowest BCUT2D eigenvalue weighted by Gasteiger charge is -1.98. The minimum absolute atomic E-state index is 0.656. The molecule has 0 spiro atoms. The summed E-state index contributed by atoms with van der Waals surface area (Å²) >= 11 is 1.59. The predicted molar refractivity (Wildman–Crippen MR) is 95.4 cm³/mol. The van der Waals surface area contributed by atoms with Gasteiger partial charge in [0, 0.05) is 12.0 Å². The van der Waals surface area contributed by atoms with Crippen molar-refractivity contribution in [2.24, 2.45) is 0 Å². The summed E-state index contributed by atoms with van der Waals surface area (Å²) in [6.07, 6.45) is 0.801. The molecule has 23 heavy (non-hydrogen) atoms. The maximum atomic E-state index is 8.81. The van der Waals surface area contributed by atoms with Crippen molar-refractivity contribution in [2.45, 2.75) is 27.2 Å². The summed E-state index contributed by atoms with van der Waals surface area (Å²) in [5.41, 5.74) is 4.16. The number of aryl methyl sites for hydroxylation is 1. The molecule has 0 unspecified atom stereocenters. The normalized spacial score (nSPS) is 9.65. The molecule has 2 aromatic carbocycles. The highest BCUT2D eigenvalue weighted by Gasteiger charge is 2.07. The van der Waals surface area contributed by atoms with Gasteiger partial charge >= 0.3 is 0 Å². The monoisotopic (exact) mass is 321 g/mol. The first-order valence-electron chi connectivity index (χ1n) is 7.63. The Kier molecular flexibility index (Phi) is 6.02. The fraction of sp³-hybridized carbons (Fsp3) is 0.211. The van der Waals surface area contributed by atoms with Crippen molar-refractivity contribution in [2.75, 3.05) is 0 Å². The molecule has 0 N–H and O–H groups in total. The summed E-state index contributed by atoms with van der Waals surface area (Å²) < 4.78 is 0. The van der Waals surface area contributed by atoms with E-state index in [0.717, 1.165) is 22.0 Å². The first kappa shape index (κ1) is 16.9. The number of nitrogens with zero attached hydrogens (tertiary/aromatic N) is 3. The molecule has 3 nitrogen and oxygen atoms in total. The van der Waals surface area contributed by atoms with Crippen LogP contribution in [0.3, 0.4) is 0 Å². The van der Waals surface area contributed by atoms with Crippen LogP contribution in [0.25, 0.3) is 10.6 Å². The number of hydrogen-bond acceptors (Lipinski definition) is 4. The lowest BCUT2D eigenvalue weighted by atomic mass is 10.1. The van der Waals surface area contributed by atoms with Gasteiger partial charge in [-0.1, -0.05) is 67.1 Å². The van der Waals surface area contributed by atoms with Crippen LogP contribution in [-0.2, 0) is 6.42 Å². The first-order chi connectivity index (χ1) is 11.2. The van der Waals surface area contributed by atoms with Gasteiger partial charge in [0.1, 0.15) is 10.0 Å². The number of nitriles is 1. The van der Waals surface area contributed by atoms with Gasteiger partial charge in [-0.3, -0.25) is 0 Å². The summed E-state index contributed by atoms with van der Waals surface area (Å²) in [5, 5.41) is 19.2. The third-order valence-corrected chi connectivity index (χ3v) is 4.14. The largest absolute Gasteiger partial charge is 0.192 e. The molecule has 0 radical (unpaired) electrons. The maximum Gasteiger partial charge on any atom is 0.147 e. The molecular weight excluding hydrogens is 302 g/mol. The lowest BCUT2D eigenvalue weighted by Crippen LogP contribution is -1.87. The van der Waals surface area contributed by atoms with E-state index in [4.69, 9.17) is 5.26 Å². The van der Waals surface area contributed by atoms with E-state index in [1.54, 1.807) is 23.5 Å². The molecule has 0 saturated heterocycles. The number of benzene rings is 2. The summed E-state index contributed by atoms with van der Waals surface area (Å²) in [4.78, 5) is 0. The van der Waals surface area contributed by atoms with Crippen molar-refractivity contribution < 1.29 is 0 Å². The second kappa shape index (κ2) is 8.21. The van der Waals surface area contributed by atoms with Gasteiger partial charge in [0.25, 0.3) is 0 Å². The minimum Gasteiger partial charge on any atom is -0.192 e. The van der Waals surface area contributed by atoms with Crippen molar-refractivity contribution in [1.82, 2.24) is 10.2 Å². The van der Waals surface area contributed by atoms with Crippen LogP contribution in [0.2, 0.25) is 0 Å². The highest BCUT2D eigenvalue weighted by Crippen LogP contribution is 2.25. The molecule has 1 heterocycles. The SMILES string of the molecule is CC.Cc1cccc(Cc2nnc(-c3ccc(C#N)cc3)s2)c1. The van der Waals surface area contributed by atoms with Gasteiger partial charge in [-0.25, -0.2) is 0 Å². The van der Waals surface area contributed by atoms with Crippen molar-refractivity contribution in [3.05, 3.63) is 70.2 Å². The van der Waals surface area contributed by atoms with E-state index in [1.807, 2.05) is 26.0 Å². The van der Waals surface area contributed by atoms with Gasteiger partial charge in [0.15, 0.2) is 0 Å². The van der Waals surface area contributed by atoms with E-state index < -0.39 is 0 Å². The Morgan fingerprint density at radius 3 is 2.43 bits per heavy atom. The van der Waals surface area contributed by atoms with E-state index in [-0.39, 0.29) is 0 Å². The van der Waals surface area contributed by atoms with E-state index in [9.17, 15) is 0 Å². The molecule has 1 aromatic heterocycles. The smallest absolute Gasteiger partial charge is 0.147 e. The Bertz CT molecular complexity index is 798. The molecule has 0 saturated carbocycles.